The molecule has 1 unspecified atom stereocenters. The summed E-state index contributed by atoms with van der Waals surface area (Å²) in [7, 11) is 0. The first-order chi connectivity index (χ1) is 9.13. The average Bonchev–Trinajstić information content (AvgIpc) is 2.84. The molecule has 0 radical (unpaired) electrons. The van der Waals surface area contributed by atoms with Gasteiger partial charge in [-0.25, -0.2) is 0 Å². The average molecular weight is 283 g/mol. The molecule has 1 aromatic rings. The van der Waals surface area contributed by atoms with Crippen LogP contribution in [0.5, 0.6) is 0 Å². The zero-order chi connectivity index (χ0) is 13.8. The number of pyridine rings is 1. The van der Waals surface area contributed by atoms with E-state index in [-0.39, 0.29) is 5.91 Å². The van der Waals surface area contributed by atoms with Crippen molar-refractivity contribution in [3.05, 3.63) is 28.5 Å². The molecule has 104 valence electrons. The molecule has 0 aliphatic carbocycles. The first-order valence-electron chi connectivity index (χ1n) is 6.61. The van der Waals surface area contributed by atoms with E-state index in [1.807, 2.05) is 18.7 Å². The van der Waals surface area contributed by atoms with E-state index in [1.54, 1.807) is 12.3 Å². The lowest BCUT2D eigenvalue weighted by Gasteiger charge is -2.18. The summed E-state index contributed by atoms with van der Waals surface area (Å²) in [5.41, 5.74) is 1.21. The lowest BCUT2D eigenvalue weighted by molar-refractivity contribution is 0.0762. The lowest BCUT2D eigenvalue weighted by atomic mass is 10.1. The van der Waals surface area contributed by atoms with Crippen molar-refractivity contribution < 1.29 is 9.53 Å². The van der Waals surface area contributed by atoms with Crippen LogP contribution in [0, 0.1) is 12.8 Å². The Labute approximate surface area is 118 Å². The second-order valence-electron chi connectivity index (χ2n) is 4.82. The highest BCUT2D eigenvalue weighted by atomic mass is 35.5. The first kappa shape index (κ1) is 14.3. The molecule has 4 nitrogen and oxygen atoms in total. The number of halogens is 1. The molecule has 0 bridgehead atoms. The molecule has 0 saturated carbocycles. The van der Waals surface area contributed by atoms with Gasteiger partial charge in [-0.3, -0.25) is 9.78 Å². The third-order valence-corrected chi connectivity index (χ3v) is 3.75. The minimum Gasteiger partial charge on any atom is -0.381 e. The quantitative estimate of drug-likeness (QED) is 0.852. The van der Waals surface area contributed by atoms with E-state index in [2.05, 4.69) is 4.98 Å². The van der Waals surface area contributed by atoms with Gasteiger partial charge in [0.2, 0.25) is 0 Å². The summed E-state index contributed by atoms with van der Waals surface area (Å²) in [5.74, 6) is 0.411. The van der Waals surface area contributed by atoms with E-state index >= 15 is 0 Å². The summed E-state index contributed by atoms with van der Waals surface area (Å²) < 4.78 is 5.42. The van der Waals surface area contributed by atoms with E-state index in [9.17, 15) is 4.79 Å². The van der Waals surface area contributed by atoms with E-state index in [0.717, 1.165) is 32.7 Å². The standard InChI is InChI=1S/C14H19ClN2O2/c1-3-19-9-11-5-7-17(8-11)14(18)13-10(2)16-6-4-12(13)15/h4,6,11H,3,5,7-9H2,1-2H3. The minimum atomic E-state index is -0.0189. The summed E-state index contributed by atoms with van der Waals surface area (Å²) in [6, 6.07) is 1.66. The second kappa shape index (κ2) is 6.35. The molecule has 1 aliphatic rings. The van der Waals surface area contributed by atoms with Crippen LogP contribution in [0.25, 0.3) is 0 Å². The lowest BCUT2D eigenvalue weighted by Crippen LogP contribution is -2.30. The van der Waals surface area contributed by atoms with Gasteiger partial charge < -0.3 is 9.64 Å². The van der Waals surface area contributed by atoms with Gasteiger partial charge in [-0.05, 0) is 26.3 Å². The van der Waals surface area contributed by atoms with Crippen molar-refractivity contribution in [2.24, 2.45) is 5.92 Å². The number of hydrogen-bond acceptors (Lipinski definition) is 3. The highest BCUT2D eigenvalue weighted by molar-refractivity contribution is 6.33. The van der Waals surface area contributed by atoms with Crippen LogP contribution in [0.4, 0.5) is 0 Å². The number of carbonyl (C=O) groups excluding carboxylic acids is 1. The number of aromatic nitrogens is 1. The van der Waals surface area contributed by atoms with E-state index in [1.165, 1.54) is 0 Å². The number of rotatable bonds is 4. The van der Waals surface area contributed by atoms with E-state index in [4.69, 9.17) is 16.3 Å². The maximum atomic E-state index is 12.5. The largest absolute Gasteiger partial charge is 0.381 e. The van der Waals surface area contributed by atoms with E-state index < -0.39 is 0 Å². The number of amides is 1. The molecule has 1 amide bonds. The van der Waals surface area contributed by atoms with Gasteiger partial charge >= 0.3 is 0 Å². The summed E-state index contributed by atoms with van der Waals surface area (Å²) in [5, 5.41) is 0.478. The molecule has 1 aliphatic heterocycles. The molecular weight excluding hydrogens is 264 g/mol. The minimum absolute atomic E-state index is 0.0189. The van der Waals surface area contributed by atoms with Gasteiger partial charge in [0, 0.05) is 31.8 Å². The monoisotopic (exact) mass is 282 g/mol. The molecule has 0 spiro atoms. The molecular formula is C14H19ClN2O2. The van der Waals surface area contributed by atoms with Crippen LogP contribution in [0.15, 0.2) is 12.3 Å². The van der Waals surface area contributed by atoms with Crippen molar-refractivity contribution in [1.82, 2.24) is 9.88 Å². The fourth-order valence-corrected chi connectivity index (χ4v) is 2.66. The topological polar surface area (TPSA) is 42.4 Å². The van der Waals surface area contributed by atoms with Gasteiger partial charge in [-0.2, -0.15) is 0 Å². The number of hydrogen-bond donors (Lipinski definition) is 0. The molecule has 19 heavy (non-hydrogen) atoms. The molecule has 0 aromatic carbocycles. The van der Waals surface area contributed by atoms with Crippen LogP contribution in [0.1, 0.15) is 29.4 Å². The maximum Gasteiger partial charge on any atom is 0.257 e. The van der Waals surface area contributed by atoms with Crippen molar-refractivity contribution in [3.8, 4) is 0 Å². The summed E-state index contributed by atoms with van der Waals surface area (Å²) in [6.07, 6.45) is 2.61. The van der Waals surface area contributed by atoms with Crippen LogP contribution in [-0.4, -0.2) is 42.1 Å². The van der Waals surface area contributed by atoms with Gasteiger partial charge in [0.15, 0.2) is 0 Å². The van der Waals surface area contributed by atoms with Crippen molar-refractivity contribution in [1.29, 1.82) is 0 Å². The third-order valence-electron chi connectivity index (χ3n) is 3.43. The molecule has 5 heteroatoms. The molecule has 1 fully saturated rings. The number of nitrogens with zero attached hydrogens (tertiary/aromatic N) is 2. The Morgan fingerprint density at radius 3 is 3.11 bits per heavy atom. The number of ether oxygens (including phenoxy) is 1. The fraction of sp³-hybridized carbons (Fsp3) is 0.571. The highest BCUT2D eigenvalue weighted by Gasteiger charge is 2.29. The molecule has 2 heterocycles. The van der Waals surface area contributed by atoms with Crippen LogP contribution >= 0.6 is 11.6 Å². The van der Waals surface area contributed by atoms with Gasteiger partial charge in [0.25, 0.3) is 5.91 Å². The van der Waals surface area contributed by atoms with Crippen molar-refractivity contribution in [2.45, 2.75) is 20.3 Å². The molecule has 1 atom stereocenters. The van der Waals surface area contributed by atoms with Crippen LogP contribution < -0.4 is 0 Å². The Bertz CT molecular complexity index is 445. The number of carbonyl (C=O) groups is 1. The molecule has 2 rings (SSSR count). The predicted molar refractivity (Wildman–Crippen MR) is 74.5 cm³/mol. The fourth-order valence-electron chi connectivity index (χ4n) is 2.39. The summed E-state index contributed by atoms with van der Waals surface area (Å²) >= 11 is 6.11. The van der Waals surface area contributed by atoms with Gasteiger partial charge in [0.1, 0.15) is 0 Å². The Balaban J connectivity index is 2.05. The Morgan fingerprint density at radius 2 is 2.42 bits per heavy atom. The number of aryl methyl sites for hydroxylation is 1. The third kappa shape index (κ3) is 3.25. The van der Waals surface area contributed by atoms with Crippen LogP contribution in [0.3, 0.4) is 0 Å². The van der Waals surface area contributed by atoms with Crippen LogP contribution in [0.2, 0.25) is 5.02 Å². The highest BCUT2D eigenvalue weighted by Crippen LogP contribution is 2.24. The van der Waals surface area contributed by atoms with Gasteiger partial charge in [0.05, 0.1) is 22.9 Å². The Morgan fingerprint density at radius 1 is 1.63 bits per heavy atom. The number of likely N-dealkylation sites (tertiary alicyclic amines) is 1. The van der Waals surface area contributed by atoms with Crippen molar-refractivity contribution >= 4 is 17.5 Å². The Kier molecular flexibility index (Phi) is 4.77. The van der Waals surface area contributed by atoms with Crippen molar-refractivity contribution in [2.75, 3.05) is 26.3 Å². The van der Waals surface area contributed by atoms with Gasteiger partial charge in [-0.15, -0.1) is 0 Å². The van der Waals surface area contributed by atoms with Crippen LogP contribution in [-0.2, 0) is 4.74 Å². The molecule has 1 saturated heterocycles. The SMILES string of the molecule is CCOCC1CCN(C(=O)c2c(Cl)ccnc2C)C1. The normalized spacial score (nSPS) is 18.9. The van der Waals surface area contributed by atoms with E-state index in [0.29, 0.717) is 22.2 Å². The zero-order valence-corrected chi connectivity index (χ0v) is 12.1. The van der Waals surface area contributed by atoms with Crippen molar-refractivity contribution in [3.63, 3.8) is 0 Å². The summed E-state index contributed by atoms with van der Waals surface area (Å²) in [4.78, 5) is 18.5. The first-order valence-corrected chi connectivity index (χ1v) is 6.99. The smallest absolute Gasteiger partial charge is 0.257 e. The van der Waals surface area contributed by atoms with Gasteiger partial charge in [-0.1, -0.05) is 11.6 Å². The maximum absolute atomic E-state index is 12.5. The zero-order valence-electron chi connectivity index (χ0n) is 11.4. The Hall–Kier alpha value is -1.13. The molecule has 0 N–H and O–H groups in total. The molecule has 1 aromatic heterocycles. The predicted octanol–water partition coefficient (Wildman–Crippen LogP) is 2.54. The summed E-state index contributed by atoms with van der Waals surface area (Å²) in [6.45, 7) is 6.74. The second-order valence-corrected chi connectivity index (χ2v) is 5.23.